The summed E-state index contributed by atoms with van der Waals surface area (Å²) in [5.74, 6) is -1.83. The summed E-state index contributed by atoms with van der Waals surface area (Å²) < 4.78 is 1.08. The van der Waals surface area contributed by atoms with Gasteiger partial charge in [-0.15, -0.1) is 11.3 Å². The molecule has 1 N–H and O–H groups in total. The third kappa shape index (κ3) is 2.82. The van der Waals surface area contributed by atoms with E-state index < -0.39 is 11.9 Å². The van der Waals surface area contributed by atoms with Gasteiger partial charge in [-0.1, -0.05) is 18.2 Å². The lowest BCUT2D eigenvalue weighted by Gasteiger charge is -2.08. The summed E-state index contributed by atoms with van der Waals surface area (Å²) in [5.41, 5.74) is 0.770. The van der Waals surface area contributed by atoms with Crippen LogP contribution in [0.25, 0.3) is 16.2 Å². The van der Waals surface area contributed by atoms with Crippen LogP contribution in [-0.2, 0) is 9.59 Å². The van der Waals surface area contributed by atoms with Crippen molar-refractivity contribution in [3.8, 4) is 0 Å². The number of amides is 1. The first-order valence-electron chi connectivity index (χ1n) is 5.68. The SMILES string of the molecule is CC(=O)N/C(=C\c1sc2ccccc2c1C)C(=O)[O-]. The second-order valence-corrected chi connectivity index (χ2v) is 5.20. The zero-order valence-corrected chi connectivity index (χ0v) is 11.3. The van der Waals surface area contributed by atoms with E-state index in [0.29, 0.717) is 0 Å². The molecule has 2 rings (SSSR count). The second-order valence-electron chi connectivity index (χ2n) is 4.11. The van der Waals surface area contributed by atoms with Crippen LogP contribution in [-0.4, -0.2) is 11.9 Å². The normalized spacial score (nSPS) is 11.6. The topological polar surface area (TPSA) is 69.2 Å². The number of aliphatic carboxylic acids is 1. The number of aryl methyl sites for hydroxylation is 1. The number of thiophene rings is 1. The van der Waals surface area contributed by atoms with Crippen LogP contribution >= 0.6 is 11.3 Å². The molecule has 2 aromatic rings. The Morgan fingerprint density at radius 3 is 2.58 bits per heavy atom. The fourth-order valence-corrected chi connectivity index (χ4v) is 2.95. The van der Waals surface area contributed by atoms with E-state index in [1.54, 1.807) is 0 Å². The van der Waals surface area contributed by atoms with Crippen molar-refractivity contribution in [3.63, 3.8) is 0 Å². The van der Waals surface area contributed by atoms with Gasteiger partial charge in [0.1, 0.15) is 0 Å². The van der Waals surface area contributed by atoms with Crippen LogP contribution in [0.2, 0.25) is 0 Å². The minimum Gasteiger partial charge on any atom is -0.543 e. The van der Waals surface area contributed by atoms with Crippen molar-refractivity contribution in [2.75, 3.05) is 0 Å². The van der Waals surface area contributed by atoms with Crippen molar-refractivity contribution in [1.82, 2.24) is 5.32 Å². The molecule has 0 bridgehead atoms. The highest BCUT2D eigenvalue weighted by Gasteiger charge is 2.08. The molecule has 0 fully saturated rings. The zero-order valence-electron chi connectivity index (χ0n) is 10.5. The lowest BCUT2D eigenvalue weighted by atomic mass is 10.1. The molecular weight excluding hydrogens is 262 g/mol. The molecular formula is C14H12NO3S-. The van der Waals surface area contributed by atoms with Crippen LogP contribution in [0, 0.1) is 6.92 Å². The van der Waals surface area contributed by atoms with Gasteiger partial charge in [-0.3, -0.25) is 4.79 Å². The number of nitrogens with one attached hydrogen (secondary N) is 1. The van der Waals surface area contributed by atoms with Gasteiger partial charge in [-0.05, 0) is 30.0 Å². The Bertz CT molecular complexity index is 685. The number of carbonyl (C=O) groups is 2. The van der Waals surface area contributed by atoms with Gasteiger partial charge >= 0.3 is 0 Å². The average Bonchev–Trinajstić information content (AvgIpc) is 2.65. The molecule has 1 aromatic heterocycles. The monoisotopic (exact) mass is 274 g/mol. The molecule has 0 aliphatic heterocycles. The number of carboxylic acids is 1. The molecule has 98 valence electrons. The van der Waals surface area contributed by atoms with Gasteiger partial charge < -0.3 is 15.2 Å². The number of carboxylic acid groups (broad SMARTS) is 1. The summed E-state index contributed by atoms with van der Waals surface area (Å²) in [4.78, 5) is 22.7. The van der Waals surface area contributed by atoms with Gasteiger partial charge in [-0.25, -0.2) is 0 Å². The van der Waals surface area contributed by atoms with Crippen molar-refractivity contribution < 1.29 is 14.7 Å². The van der Waals surface area contributed by atoms with Gasteiger partial charge in [0.2, 0.25) is 5.91 Å². The number of benzene rings is 1. The third-order valence-corrected chi connectivity index (χ3v) is 3.91. The summed E-state index contributed by atoms with van der Waals surface area (Å²) in [5, 5.41) is 14.3. The number of hydrogen-bond donors (Lipinski definition) is 1. The summed E-state index contributed by atoms with van der Waals surface area (Å²) in [6.45, 7) is 3.18. The van der Waals surface area contributed by atoms with E-state index in [4.69, 9.17) is 0 Å². The Balaban J connectivity index is 2.51. The molecule has 1 heterocycles. The van der Waals surface area contributed by atoms with E-state index in [1.165, 1.54) is 24.3 Å². The maximum Gasteiger partial charge on any atom is 0.221 e. The zero-order chi connectivity index (χ0) is 14.0. The first kappa shape index (κ1) is 13.3. The largest absolute Gasteiger partial charge is 0.543 e. The number of rotatable bonds is 3. The van der Waals surface area contributed by atoms with Crippen molar-refractivity contribution >= 4 is 39.4 Å². The van der Waals surface area contributed by atoms with E-state index in [1.807, 2.05) is 31.2 Å². The Morgan fingerprint density at radius 1 is 1.32 bits per heavy atom. The highest BCUT2D eigenvalue weighted by molar-refractivity contribution is 7.20. The van der Waals surface area contributed by atoms with E-state index in [-0.39, 0.29) is 5.70 Å². The number of fused-ring (bicyclic) bond motifs is 1. The molecule has 1 aromatic carbocycles. The molecule has 0 unspecified atom stereocenters. The minimum absolute atomic E-state index is 0.220. The molecule has 4 nitrogen and oxygen atoms in total. The predicted octanol–water partition coefficient (Wildman–Crippen LogP) is 1.44. The molecule has 5 heteroatoms. The Labute approximate surface area is 114 Å². The predicted molar refractivity (Wildman–Crippen MR) is 73.4 cm³/mol. The molecule has 0 saturated heterocycles. The van der Waals surface area contributed by atoms with Gasteiger partial charge in [0.15, 0.2) is 0 Å². The van der Waals surface area contributed by atoms with Crippen molar-refractivity contribution in [3.05, 3.63) is 40.4 Å². The molecule has 0 aliphatic rings. The van der Waals surface area contributed by atoms with E-state index >= 15 is 0 Å². The Kier molecular flexibility index (Phi) is 3.66. The molecule has 0 atom stereocenters. The van der Waals surface area contributed by atoms with Gasteiger partial charge in [0.05, 0.1) is 11.7 Å². The third-order valence-electron chi connectivity index (χ3n) is 2.69. The van der Waals surface area contributed by atoms with Crippen LogP contribution in [0.5, 0.6) is 0 Å². The number of carbonyl (C=O) groups excluding carboxylic acids is 2. The molecule has 1 amide bonds. The number of hydrogen-bond acceptors (Lipinski definition) is 4. The van der Waals surface area contributed by atoms with E-state index in [9.17, 15) is 14.7 Å². The summed E-state index contributed by atoms with van der Waals surface area (Å²) in [7, 11) is 0. The van der Waals surface area contributed by atoms with Crippen LogP contribution < -0.4 is 10.4 Å². The van der Waals surface area contributed by atoms with Gasteiger partial charge in [-0.2, -0.15) is 0 Å². The van der Waals surface area contributed by atoms with E-state index in [0.717, 1.165) is 20.5 Å². The first-order chi connectivity index (χ1) is 8.99. The second kappa shape index (κ2) is 5.24. The minimum atomic E-state index is -1.40. The van der Waals surface area contributed by atoms with Crippen LogP contribution in [0.15, 0.2) is 30.0 Å². The summed E-state index contributed by atoms with van der Waals surface area (Å²) in [6, 6.07) is 7.82. The standard InChI is InChI=1S/C14H13NO3S/c1-8-10-5-3-4-6-12(10)19-13(8)7-11(14(17)18)15-9(2)16/h3-7H,1-2H3,(H,15,16)(H,17,18)/p-1/b11-7-. The summed E-state index contributed by atoms with van der Waals surface area (Å²) >= 11 is 1.48. The molecule has 0 saturated carbocycles. The lowest BCUT2D eigenvalue weighted by molar-refractivity contribution is -0.299. The van der Waals surface area contributed by atoms with Gasteiger partial charge in [0.25, 0.3) is 0 Å². The molecule has 0 aliphatic carbocycles. The maximum absolute atomic E-state index is 11.0. The Hall–Kier alpha value is -2.14. The van der Waals surface area contributed by atoms with Crippen molar-refractivity contribution in [1.29, 1.82) is 0 Å². The van der Waals surface area contributed by atoms with E-state index in [2.05, 4.69) is 5.32 Å². The molecule has 0 spiro atoms. The summed E-state index contributed by atoms with van der Waals surface area (Å²) in [6.07, 6.45) is 1.44. The van der Waals surface area contributed by atoms with Crippen LogP contribution in [0.3, 0.4) is 0 Å². The smallest absolute Gasteiger partial charge is 0.221 e. The van der Waals surface area contributed by atoms with Crippen LogP contribution in [0.4, 0.5) is 0 Å². The lowest BCUT2D eigenvalue weighted by Crippen LogP contribution is -2.34. The molecule has 19 heavy (non-hydrogen) atoms. The first-order valence-corrected chi connectivity index (χ1v) is 6.49. The van der Waals surface area contributed by atoms with Gasteiger partial charge in [0, 0.05) is 16.5 Å². The molecule has 0 radical (unpaired) electrons. The highest BCUT2D eigenvalue weighted by atomic mass is 32.1. The fraction of sp³-hybridized carbons (Fsp3) is 0.143. The highest BCUT2D eigenvalue weighted by Crippen LogP contribution is 2.31. The van der Waals surface area contributed by atoms with Crippen molar-refractivity contribution in [2.45, 2.75) is 13.8 Å². The maximum atomic E-state index is 11.0. The fourth-order valence-electron chi connectivity index (χ4n) is 1.80. The quantitative estimate of drug-likeness (QED) is 0.861. The Morgan fingerprint density at radius 2 is 2.00 bits per heavy atom. The van der Waals surface area contributed by atoms with Crippen molar-refractivity contribution in [2.24, 2.45) is 0 Å². The average molecular weight is 274 g/mol. The van der Waals surface area contributed by atoms with Crippen LogP contribution in [0.1, 0.15) is 17.4 Å².